The smallest absolute Gasteiger partial charge is 0.136 e. The topological polar surface area (TPSA) is 32.9 Å². The largest absolute Gasteiger partial charge is 0.358 e. The molecule has 0 radical (unpaired) electrons. The Hall–Kier alpha value is -1.57. The average molecular weight is 269 g/mol. The lowest BCUT2D eigenvalue weighted by Crippen LogP contribution is -2.21. The lowest BCUT2D eigenvalue weighted by molar-refractivity contribution is -0.124. The van der Waals surface area contributed by atoms with Gasteiger partial charge < -0.3 is 4.98 Å². The highest BCUT2D eigenvalue weighted by Crippen LogP contribution is 2.31. The van der Waals surface area contributed by atoms with Crippen molar-refractivity contribution < 1.29 is 4.79 Å². The number of aromatic amines is 1. The minimum Gasteiger partial charge on any atom is -0.358 e. The SMILES string of the molecule is Cc1cc(C)c2[nH]c(C)c(CC3CCCCC3=O)c2c1. The molecular weight excluding hydrogens is 246 g/mol. The first kappa shape index (κ1) is 13.4. The van der Waals surface area contributed by atoms with E-state index >= 15 is 0 Å². The number of H-pyrrole nitrogens is 1. The lowest BCUT2D eigenvalue weighted by atomic mass is 9.83. The molecule has 0 spiro atoms. The summed E-state index contributed by atoms with van der Waals surface area (Å²) in [6, 6.07) is 4.47. The Morgan fingerprint density at radius 1 is 1.20 bits per heavy atom. The van der Waals surface area contributed by atoms with Crippen LogP contribution < -0.4 is 0 Å². The number of hydrogen-bond acceptors (Lipinski definition) is 1. The molecule has 20 heavy (non-hydrogen) atoms. The van der Waals surface area contributed by atoms with Crippen LogP contribution in [-0.2, 0) is 11.2 Å². The zero-order valence-electron chi connectivity index (χ0n) is 12.7. The van der Waals surface area contributed by atoms with Crippen molar-refractivity contribution in [1.29, 1.82) is 0 Å². The maximum atomic E-state index is 12.1. The molecule has 1 aromatic carbocycles. The molecule has 1 unspecified atom stereocenters. The molecule has 1 aliphatic rings. The third kappa shape index (κ3) is 2.28. The van der Waals surface area contributed by atoms with Crippen LogP contribution in [-0.4, -0.2) is 10.8 Å². The molecule has 1 saturated carbocycles. The number of aryl methyl sites for hydroxylation is 3. The summed E-state index contributed by atoms with van der Waals surface area (Å²) in [5.41, 5.74) is 6.42. The highest BCUT2D eigenvalue weighted by Gasteiger charge is 2.24. The van der Waals surface area contributed by atoms with Crippen molar-refractivity contribution in [2.24, 2.45) is 5.92 Å². The molecule has 0 amide bonds. The number of benzene rings is 1. The summed E-state index contributed by atoms with van der Waals surface area (Å²) in [5, 5.41) is 1.32. The van der Waals surface area contributed by atoms with Gasteiger partial charge in [0.2, 0.25) is 0 Å². The van der Waals surface area contributed by atoms with Crippen molar-refractivity contribution in [3.63, 3.8) is 0 Å². The molecule has 1 N–H and O–H groups in total. The number of Topliss-reactive ketones (excluding diaryl/α,β-unsaturated/α-hetero) is 1. The summed E-state index contributed by atoms with van der Waals surface area (Å²) in [6.07, 6.45) is 5.05. The molecule has 2 heteroatoms. The van der Waals surface area contributed by atoms with Gasteiger partial charge in [-0.15, -0.1) is 0 Å². The lowest BCUT2D eigenvalue weighted by Gasteiger charge is -2.20. The number of fused-ring (bicyclic) bond motifs is 1. The van der Waals surface area contributed by atoms with Crippen molar-refractivity contribution in [2.45, 2.75) is 52.9 Å². The molecule has 106 valence electrons. The highest BCUT2D eigenvalue weighted by atomic mass is 16.1. The van der Waals surface area contributed by atoms with Crippen LogP contribution in [0, 0.1) is 26.7 Å². The number of hydrogen-bond donors (Lipinski definition) is 1. The Morgan fingerprint density at radius 2 is 2.00 bits per heavy atom. The first-order valence-corrected chi connectivity index (χ1v) is 7.67. The molecule has 0 aliphatic heterocycles. The summed E-state index contributed by atoms with van der Waals surface area (Å²) < 4.78 is 0. The predicted molar refractivity (Wildman–Crippen MR) is 83.2 cm³/mol. The van der Waals surface area contributed by atoms with Gasteiger partial charge in [0.1, 0.15) is 5.78 Å². The number of rotatable bonds is 2. The van der Waals surface area contributed by atoms with E-state index in [9.17, 15) is 4.79 Å². The monoisotopic (exact) mass is 269 g/mol. The molecule has 1 aromatic heterocycles. The van der Waals surface area contributed by atoms with E-state index < -0.39 is 0 Å². The third-order valence-electron chi connectivity index (χ3n) is 4.70. The van der Waals surface area contributed by atoms with Crippen LogP contribution in [0.5, 0.6) is 0 Å². The zero-order valence-corrected chi connectivity index (χ0v) is 12.7. The Kier molecular flexibility index (Phi) is 3.41. The van der Waals surface area contributed by atoms with Gasteiger partial charge in [0.25, 0.3) is 0 Å². The van der Waals surface area contributed by atoms with E-state index in [4.69, 9.17) is 0 Å². The van der Waals surface area contributed by atoms with Crippen LogP contribution in [0.3, 0.4) is 0 Å². The summed E-state index contributed by atoms with van der Waals surface area (Å²) >= 11 is 0. The molecule has 1 heterocycles. The zero-order chi connectivity index (χ0) is 14.3. The van der Waals surface area contributed by atoms with Crippen molar-refractivity contribution in [2.75, 3.05) is 0 Å². The van der Waals surface area contributed by atoms with Gasteiger partial charge in [0.15, 0.2) is 0 Å². The van der Waals surface area contributed by atoms with E-state index in [1.54, 1.807) is 0 Å². The van der Waals surface area contributed by atoms with E-state index in [0.29, 0.717) is 5.78 Å². The van der Waals surface area contributed by atoms with Gasteiger partial charge >= 0.3 is 0 Å². The van der Waals surface area contributed by atoms with Crippen LogP contribution in [0.25, 0.3) is 10.9 Å². The average Bonchev–Trinajstić information content (AvgIpc) is 2.70. The van der Waals surface area contributed by atoms with Crippen molar-refractivity contribution >= 4 is 16.7 Å². The standard InChI is InChI=1S/C18H23NO/c1-11-8-12(2)18-16(9-11)15(13(3)19-18)10-14-6-4-5-7-17(14)20/h8-9,14,19H,4-7,10H2,1-3H3. The first-order chi connectivity index (χ1) is 9.56. The van der Waals surface area contributed by atoms with E-state index in [2.05, 4.69) is 37.9 Å². The molecule has 1 aliphatic carbocycles. The minimum absolute atomic E-state index is 0.238. The second-order valence-corrected chi connectivity index (χ2v) is 6.35. The second kappa shape index (κ2) is 5.08. The van der Waals surface area contributed by atoms with Crippen molar-refractivity contribution in [1.82, 2.24) is 4.98 Å². The number of aromatic nitrogens is 1. The van der Waals surface area contributed by atoms with Crippen molar-refractivity contribution in [3.8, 4) is 0 Å². The van der Waals surface area contributed by atoms with E-state index in [1.165, 1.54) is 39.7 Å². The van der Waals surface area contributed by atoms with Crippen LogP contribution in [0.15, 0.2) is 12.1 Å². The molecule has 0 saturated heterocycles. The molecule has 2 nitrogen and oxygen atoms in total. The van der Waals surface area contributed by atoms with Gasteiger partial charge in [-0.2, -0.15) is 0 Å². The van der Waals surface area contributed by atoms with E-state index in [0.717, 1.165) is 25.7 Å². The van der Waals surface area contributed by atoms with Crippen LogP contribution >= 0.6 is 0 Å². The fraction of sp³-hybridized carbons (Fsp3) is 0.500. The maximum Gasteiger partial charge on any atom is 0.136 e. The number of carbonyl (C=O) groups excluding carboxylic acids is 1. The van der Waals surface area contributed by atoms with Crippen molar-refractivity contribution in [3.05, 3.63) is 34.5 Å². The highest BCUT2D eigenvalue weighted by molar-refractivity contribution is 5.89. The molecule has 2 aromatic rings. The Labute approximate surface area is 120 Å². The third-order valence-corrected chi connectivity index (χ3v) is 4.70. The van der Waals surface area contributed by atoms with Gasteiger partial charge in [-0.3, -0.25) is 4.79 Å². The van der Waals surface area contributed by atoms with Gasteiger partial charge in [-0.25, -0.2) is 0 Å². The van der Waals surface area contributed by atoms with Crippen LogP contribution in [0.2, 0.25) is 0 Å². The quantitative estimate of drug-likeness (QED) is 0.861. The molecule has 1 atom stereocenters. The maximum absolute atomic E-state index is 12.1. The van der Waals surface area contributed by atoms with Gasteiger partial charge in [-0.05, 0) is 57.2 Å². The van der Waals surface area contributed by atoms with Crippen LogP contribution in [0.1, 0.15) is 48.1 Å². The summed E-state index contributed by atoms with van der Waals surface area (Å²) in [6.45, 7) is 6.43. The predicted octanol–water partition coefficient (Wildman–Crippen LogP) is 4.39. The van der Waals surface area contributed by atoms with E-state index in [-0.39, 0.29) is 5.92 Å². The Balaban J connectivity index is 2.02. The van der Waals surface area contributed by atoms with Gasteiger partial charge in [0.05, 0.1) is 0 Å². The first-order valence-electron chi connectivity index (χ1n) is 7.67. The number of carbonyl (C=O) groups is 1. The van der Waals surface area contributed by atoms with Crippen LogP contribution in [0.4, 0.5) is 0 Å². The normalized spacial score (nSPS) is 19.8. The second-order valence-electron chi connectivity index (χ2n) is 6.35. The Bertz CT molecular complexity index is 666. The fourth-order valence-corrected chi connectivity index (χ4v) is 3.62. The molecule has 1 fully saturated rings. The van der Waals surface area contributed by atoms with Gasteiger partial charge in [0, 0.05) is 28.9 Å². The summed E-state index contributed by atoms with van der Waals surface area (Å²) in [4.78, 5) is 15.6. The van der Waals surface area contributed by atoms with Gasteiger partial charge in [-0.1, -0.05) is 18.1 Å². The summed E-state index contributed by atoms with van der Waals surface area (Å²) in [7, 11) is 0. The number of nitrogens with one attached hydrogen (secondary N) is 1. The van der Waals surface area contributed by atoms with E-state index in [1.807, 2.05) is 0 Å². The molecule has 0 bridgehead atoms. The molecule has 3 rings (SSSR count). The molecular formula is C18H23NO. The summed E-state index contributed by atoms with van der Waals surface area (Å²) in [5.74, 6) is 0.705. The number of ketones is 1. The minimum atomic E-state index is 0.238. The fourth-order valence-electron chi connectivity index (χ4n) is 3.62. The Morgan fingerprint density at radius 3 is 2.75 bits per heavy atom.